The predicted octanol–water partition coefficient (Wildman–Crippen LogP) is 11.5. The highest BCUT2D eigenvalue weighted by Gasteiger charge is 2.26. The van der Waals surface area contributed by atoms with E-state index in [2.05, 4.69) is 24.5 Å². The molecule has 2 atom stereocenters. The first-order valence-electron chi connectivity index (χ1n) is 23.8. The first-order valence-corrected chi connectivity index (χ1v) is 25.3. The van der Waals surface area contributed by atoms with Gasteiger partial charge in [-0.2, -0.15) is 0 Å². The van der Waals surface area contributed by atoms with Gasteiger partial charge in [-0.1, -0.05) is 174 Å². The third-order valence-corrected chi connectivity index (χ3v) is 11.2. The van der Waals surface area contributed by atoms with Gasteiger partial charge in [-0.25, -0.2) is 4.57 Å². The van der Waals surface area contributed by atoms with E-state index >= 15 is 0 Å². The number of carbonyl (C=O) groups is 4. The Kier molecular flexibility index (Phi) is 40.8. The molecule has 3 N–H and O–H groups in total. The van der Waals surface area contributed by atoms with Gasteiger partial charge >= 0.3 is 19.8 Å². The van der Waals surface area contributed by atoms with Gasteiger partial charge in [0.25, 0.3) is 0 Å². The van der Waals surface area contributed by atoms with Gasteiger partial charge in [0.1, 0.15) is 6.61 Å². The van der Waals surface area contributed by atoms with Crippen molar-refractivity contribution in [3.63, 3.8) is 0 Å². The molecule has 0 aliphatic heterocycles. The van der Waals surface area contributed by atoms with Gasteiger partial charge in [0.05, 0.1) is 13.2 Å². The number of carbonyl (C=O) groups excluding carboxylic acids is 4. The summed E-state index contributed by atoms with van der Waals surface area (Å²) in [5.74, 6) is -1.33. The third-order valence-electron chi connectivity index (χ3n) is 10.2. The molecule has 0 fully saturated rings. The Hall–Kier alpha value is -2.27. The number of phosphoric ester groups is 1. The molecule has 0 aromatic carbocycles. The van der Waals surface area contributed by atoms with Crippen LogP contribution in [-0.2, 0) is 42.3 Å². The summed E-state index contributed by atoms with van der Waals surface area (Å²) in [5.41, 5.74) is 0. The molecule has 0 saturated carbocycles. The fourth-order valence-corrected chi connectivity index (χ4v) is 7.40. The predicted molar refractivity (Wildman–Crippen MR) is 238 cm³/mol. The van der Waals surface area contributed by atoms with Crippen molar-refractivity contribution in [1.29, 1.82) is 0 Å². The highest BCUT2D eigenvalue weighted by atomic mass is 31.2. The Balaban J connectivity index is 4.57. The molecule has 13 heteroatoms. The zero-order valence-electron chi connectivity index (χ0n) is 37.8. The van der Waals surface area contributed by atoms with Gasteiger partial charge in [0.15, 0.2) is 6.10 Å². The van der Waals surface area contributed by atoms with Gasteiger partial charge in [-0.05, 0) is 38.7 Å². The van der Waals surface area contributed by atoms with Crippen molar-refractivity contribution in [3.05, 3.63) is 12.2 Å². The van der Waals surface area contributed by atoms with Crippen LogP contribution in [0.4, 0.5) is 0 Å². The molecular formula is C46H87N2O10P. The number of ether oxygens (including phenoxy) is 2. The van der Waals surface area contributed by atoms with Crippen LogP contribution < -0.4 is 10.6 Å². The van der Waals surface area contributed by atoms with E-state index in [9.17, 15) is 28.6 Å². The number of rotatable bonds is 44. The molecule has 346 valence electrons. The molecule has 0 rings (SSSR count). The lowest BCUT2D eigenvalue weighted by Gasteiger charge is -2.20. The van der Waals surface area contributed by atoms with Crippen LogP contribution >= 0.6 is 7.82 Å². The van der Waals surface area contributed by atoms with Crippen LogP contribution in [0.25, 0.3) is 0 Å². The molecule has 59 heavy (non-hydrogen) atoms. The van der Waals surface area contributed by atoms with Crippen molar-refractivity contribution in [1.82, 2.24) is 10.6 Å². The van der Waals surface area contributed by atoms with E-state index in [1.807, 2.05) is 6.92 Å². The summed E-state index contributed by atoms with van der Waals surface area (Å²) in [7, 11) is -4.57. The minimum Gasteiger partial charge on any atom is -0.462 e. The van der Waals surface area contributed by atoms with E-state index in [-0.39, 0.29) is 50.8 Å². The standard InChI is InChI=1S/C46H87N2O10P/c1-4-7-9-11-13-15-17-19-21-23-25-27-32-36-45(51)55-40-42(58-46(52)37-33-28-26-24-22-20-18-16-14-12-10-8-5-2)41-57-59(53,54)56-39-38-48-44(50)35-31-29-30-34-43(49)47-6-3/h30,34,42H,4-29,31-33,35-41H2,1-3H3,(H,47,49)(H,48,50)(H,53,54)/b34-30+. The van der Waals surface area contributed by atoms with Crippen molar-refractivity contribution in [2.24, 2.45) is 0 Å². The largest absolute Gasteiger partial charge is 0.472 e. The summed E-state index contributed by atoms with van der Waals surface area (Å²) in [6, 6.07) is 0. The number of hydrogen-bond donors (Lipinski definition) is 3. The van der Waals surface area contributed by atoms with E-state index in [4.69, 9.17) is 18.5 Å². The topological polar surface area (TPSA) is 167 Å². The molecule has 0 aromatic heterocycles. The molecule has 12 nitrogen and oxygen atoms in total. The number of unbranched alkanes of at least 4 members (excludes halogenated alkanes) is 25. The summed E-state index contributed by atoms with van der Waals surface area (Å²) in [5, 5.41) is 5.27. The Morgan fingerprint density at radius 3 is 1.49 bits per heavy atom. The van der Waals surface area contributed by atoms with Crippen LogP contribution in [0.3, 0.4) is 0 Å². The Labute approximate surface area is 359 Å². The number of phosphoric acid groups is 1. The molecule has 0 bridgehead atoms. The molecule has 0 spiro atoms. The maximum atomic E-state index is 12.7. The SMILES string of the molecule is CCCCCCCCCCCCCCCC(=O)OCC(COP(=O)(O)OCCNC(=O)CCC/C=C/C(=O)NCC)OC(=O)CCCCCCCCCCCCCCC. The van der Waals surface area contributed by atoms with E-state index in [0.717, 1.165) is 38.5 Å². The monoisotopic (exact) mass is 859 g/mol. The second-order valence-electron chi connectivity index (χ2n) is 15.9. The number of nitrogens with one attached hydrogen (secondary N) is 2. The van der Waals surface area contributed by atoms with E-state index < -0.39 is 32.5 Å². The number of allylic oxidation sites excluding steroid dienone is 1. The smallest absolute Gasteiger partial charge is 0.462 e. The maximum absolute atomic E-state index is 12.7. The molecule has 2 amide bonds. The molecule has 0 heterocycles. The lowest BCUT2D eigenvalue weighted by molar-refractivity contribution is -0.161. The van der Waals surface area contributed by atoms with Gasteiger partial charge in [0, 0.05) is 32.4 Å². The summed E-state index contributed by atoms with van der Waals surface area (Å²) in [4.78, 5) is 59.0. The summed E-state index contributed by atoms with van der Waals surface area (Å²) in [6.45, 7) is 5.76. The number of likely N-dealkylation sites (N-methyl/N-ethyl adjacent to an activating group) is 1. The molecule has 0 radical (unpaired) electrons. The normalized spacial score (nSPS) is 12.9. The van der Waals surface area contributed by atoms with Crippen molar-refractivity contribution < 1.29 is 47.2 Å². The van der Waals surface area contributed by atoms with Gasteiger partial charge in [-0.3, -0.25) is 28.2 Å². The Morgan fingerprint density at radius 1 is 0.559 bits per heavy atom. The molecule has 0 aliphatic carbocycles. The van der Waals surface area contributed by atoms with Crippen LogP contribution in [0.5, 0.6) is 0 Å². The number of hydrogen-bond acceptors (Lipinski definition) is 9. The fourth-order valence-electron chi connectivity index (χ4n) is 6.65. The van der Waals surface area contributed by atoms with Crippen LogP contribution in [0.2, 0.25) is 0 Å². The zero-order valence-corrected chi connectivity index (χ0v) is 38.7. The second kappa shape index (κ2) is 42.4. The highest BCUT2D eigenvalue weighted by Crippen LogP contribution is 2.43. The van der Waals surface area contributed by atoms with Crippen molar-refractivity contribution in [2.45, 2.75) is 226 Å². The quantitative estimate of drug-likeness (QED) is 0.0232. The van der Waals surface area contributed by atoms with Crippen LogP contribution in [0, 0.1) is 0 Å². The first kappa shape index (κ1) is 56.7. The molecule has 0 aliphatic rings. The van der Waals surface area contributed by atoms with E-state index in [0.29, 0.717) is 32.2 Å². The average molecular weight is 859 g/mol. The fraction of sp³-hybridized carbons (Fsp3) is 0.870. The Bertz CT molecular complexity index is 1110. The summed E-state index contributed by atoms with van der Waals surface area (Å²) in [6.07, 6.45) is 34.9. The van der Waals surface area contributed by atoms with Gasteiger partial charge < -0.3 is 25.0 Å². The lowest BCUT2D eigenvalue weighted by atomic mass is 10.0. The van der Waals surface area contributed by atoms with Crippen LogP contribution in [-0.4, -0.2) is 67.7 Å². The average Bonchev–Trinajstić information content (AvgIpc) is 3.21. The molecular weight excluding hydrogens is 771 g/mol. The van der Waals surface area contributed by atoms with Crippen molar-refractivity contribution >= 4 is 31.6 Å². The Morgan fingerprint density at radius 2 is 1.02 bits per heavy atom. The van der Waals surface area contributed by atoms with E-state index in [1.54, 1.807) is 6.08 Å². The first-order chi connectivity index (χ1) is 28.6. The van der Waals surface area contributed by atoms with Crippen LogP contribution in [0.15, 0.2) is 12.2 Å². The van der Waals surface area contributed by atoms with Crippen LogP contribution in [0.1, 0.15) is 220 Å². The maximum Gasteiger partial charge on any atom is 0.472 e. The van der Waals surface area contributed by atoms with E-state index in [1.165, 1.54) is 122 Å². The zero-order chi connectivity index (χ0) is 43.5. The molecule has 0 aromatic rings. The lowest BCUT2D eigenvalue weighted by Crippen LogP contribution is -2.30. The second-order valence-corrected chi connectivity index (χ2v) is 17.4. The van der Waals surface area contributed by atoms with Gasteiger partial charge in [0.2, 0.25) is 11.8 Å². The van der Waals surface area contributed by atoms with Gasteiger partial charge in [-0.15, -0.1) is 0 Å². The van der Waals surface area contributed by atoms with Crippen molar-refractivity contribution in [3.8, 4) is 0 Å². The van der Waals surface area contributed by atoms with Crippen molar-refractivity contribution in [2.75, 3.05) is 32.9 Å². The summed E-state index contributed by atoms with van der Waals surface area (Å²) < 4.78 is 33.7. The highest BCUT2D eigenvalue weighted by molar-refractivity contribution is 7.47. The molecule has 2 unspecified atom stereocenters. The molecule has 0 saturated heterocycles. The summed E-state index contributed by atoms with van der Waals surface area (Å²) >= 11 is 0. The number of esters is 2. The number of amides is 2. The minimum atomic E-state index is -4.57. The minimum absolute atomic E-state index is 0.0180. The third kappa shape index (κ3) is 42.2.